The molecular formula is C68H89N3O5. The number of aryl methyl sites for hydroxylation is 1. The molecule has 9 heterocycles. The SMILES string of the molecule is NCCCc1cccc2c1C(=O)OC21C2CC(C3CCCC3)C=CC3CC4C5C6=C3C23C(=O)OC(=C(O)CC(C2CC7(CCCC7)C7(CCCC7)C2)N2CC7CC(C2)C2CCC(=C5N2C7)CC4C2CCCCC2)C31CC6. The van der Waals surface area contributed by atoms with Crippen molar-refractivity contribution in [3.63, 3.8) is 0 Å². The fourth-order valence-electron chi connectivity index (χ4n) is 25.2. The Bertz CT molecular complexity index is 2740. The average Bonchev–Trinajstić information content (AvgIpc) is 2.20. The van der Waals surface area contributed by atoms with Crippen molar-refractivity contribution in [1.29, 1.82) is 0 Å². The van der Waals surface area contributed by atoms with Gasteiger partial charge in [0, 0.05) is 61.2 Å². The summed E-state index contributed by atoms with van der Waals surface area (Å²) >= 11 is 0. The van der Waals surface area contributed by atoms with Crippen molar-refractivity contribution in [2.75, 3.05) is 26.2 Å². The van der Waals surface area contributed by atoms with Gasteiger partial charge in [0.05, 0.1) is 11.0 Å². The summed E-state index contributed by atoms with van der Waals surface area (Å²) in [6.45, 7) is 3.94. The van der Waals surface area contributed by atoms with Gasteiger partial charge < -0.3 is 25.2 Å². The predicted octanol–water partition coefficient (Wildman–Crippen LogP) is 13.6. The van der Waals surface area contributed by atoms with Gasteiger partial charge in [-0.3, -0.25) is 9.69 Å². The number of nitrogens with two attached hydrogens (primary N) is 1. The van der Waals surface area contributed by atoms with Gasteiger partial charge >= 0.3 is 11.9 Å². The van der Waals surface area contributed by atoms with Crippen LogP contribution in [0.2, 0.25) is 0 Å². The topological polar surface area (TPSA) is 105 Å². The Morgan fingerprint density at radius 3 is 2.26 bits per heavy atom. The lowest BCUT2D eigenvalue weighted by Gasteiger charge is -2.73. The van der Waals surface area contributed by atoms with E-state index in [0.29, 0.717) is 101 Å². The standard InChI is InChI=1S/C68H89N3O5/c69-29-11-17-43-16-10-18-52-57(43)62(73)76-68(52)56-33-44(41-12-4-5-13-41)19-20-45-31-51-50(42-14-2-1-3-15-42)32-46-21-22-53-47-30-40-37-70(39-47)54(48-35-64(24-6-7-25-64)65(36-48)26-8-9-27-65)34-55(72)61-66(68)28-23-49(58(51)60(46)71(53)38-40)59(45)67(56,66)63(74)75-61/h10,16,18-20,40-42,44-45,47-48,50-51,53-54,56,58,72H,1-9,11-15,17,21-39,69H2. The Morgan fingerprint density at radius 1 is 0.724 bits per heavy atom. The number of aliphatic hydroxyl groups is 1. The van der Waals surface area contributed by atoms with Gasteiger partial charge in [-0.15, -0.1) is 0 Å². The number of esters is 2. The van der Waals surface area contributed by atoms with Crippen LogP contribution in [0.4, 0.5) is 0 Å². The van der Waals surface area contributed by atoms with Gasteiger partial charge in [-0.1, -0.05) is 112 Å². The highest BCUT2D eigenvalue weighted by Crippen LogP contribution is 2.88. The van der Waals surface area contributed by atoms with Crippen LogP contribution in [-0.2, 0) is 26.3 Å². The van der Waals surface area contributed by atoms with E-state index >= 15 is 9.59 Å². The van der Waals surface area contributed by atoms with Crippen molar-refractivity contribution < 1.29 is 24.2 Å². The number of carbonyl (C=O) groups is 2. The van der Waals surface area contributed by atoms with Crippen molar-refractivity contribution in [1.82, 2.24) is 9.80 Å². The molecule has 10 aliphatic carbocycles. The minimum absolute atomic E-state index is 0.120. The molecular weight excluding hydrogens is 939 g/mol. The lowest BCUT2D eigenvalue weighted by atomic mass is 9.27. The summed E-state index contributed by atoms with van der Waals surface area (Å²) in [6, 6.07) is 7.26. The Morgan fingerprint density at radius 2 is 1.49 bits per heavy atom. The van der Waals surface area contributed by atoms with E-state index in [1.54, 1.807) is 16.8 Å². The second-order valence-electron chi connectivity index (χ2n) is 29.8. The molecule has 20 rings (SSSR count). The molecule has 406 valence electrons. The number of nitrogens with zero attached hydrogens (tertiary/aromatic N) is 2. The van der Waals surface area contributed by atoms with E-state index in [-0.39, 0.29) is 35.7 Å². The molecule has 9 aliphatic heterocycles. The molecule has 9 fully saturated rings. The van der Waals surface area contributed by atoms with Crippen molar-refractivity contribution in [3.8, 4) is 0 Å². The summed E-state index contributed by atoms with van der Waals surface area (Å²) in [5.41, 5.74) is 13.1. The highest BCUT2D eigenvalue weighted by molar-refractivity contribution is 6.00. The van der Waals surface area contributed by atoms with E-state index in [1.165, 1.54) is 160 Å². The van der Waals surface area contributed by atoms with Crippen LogP contribution in [0, 0.1) is 86.8 Å². The molecule has 8 nitrogen and oxygen atoms in total. The largest absolute Gasteiger partial charge is 0.509 e. The van der Waals surface area contributed by atoms with Crippen LogP contribution in [0.25, 0.3) is 0 Å². The lowest BCUT2D eigenvalue weighted by molar-refractivity contribution is -0.282. The Hall–Kier alpha value is -3.36. The number of hydrogen-bond donors (Lipinski definition) is 2. The first-order chi connectivity index (χ1) is 37.2. The Labute approximate surface area is 453 Å². The second-order valence-corrected chi connectivity index (χ2v) is 29.8. The normalized spacial score (nSPS) is 44.4. The first-order valence-electron chi connectivity index (χ1n) is 32.6. The summed E-state index contributed by atoms with van der Waals surface area (Å²) < 4.78 is 14.9. The summed E-state index contributed by atoms with van der Waals surface area (Å²) in [4.78, 5) is 38.3. The second kappa shape index (κ2) is 16.9. The molecule has 0 aromatic heterocycles. The molecule has 19 aliphatic rings. The van der Waals surface area contributed by atoms with Gasteiger partial charge in [0.15, 0.2) is 11.4 Å². The van der Waals surface area contributed by atoms with Crippen molar-refractivity contribution in [2.45, 2.75) is 210 Å². The smallest absolute Gasteiger partial charge is 0.339 e. The van der Waals surface area contributed by atoms with Gasteiger partial charge in [-0.05, 0) is 197 Å². The highest BCUT2D eigenvalue weighted by Gasteiger charge is 2.94. The maximum atomic E-state index is 16.8. The van der Waals surface area contributed by atoms with Crippen LogP contribution in [0.5, 0.6) is 0 Å². The van der Waals surface area contributed by atoms with E-state index in [0.717, 1.165) is 55.8 Å². The molecule has 1 aromatic rings. The third kappa shape index (κ3) is 5.87. The van der Waals surface area contributed by atoms with Crippen LogP contribution >= 0.6 is 0 Å². The third-order valence-electron chi connectivity index (χ3n) is 27.5. The zero-order valence-electron chi connectivity index (χ0n) is 46.0. The van der Waals surface area contributed by atoms with Crippen LogP contribution in [0.1, 0.15) is 208 Å². The molecule has 1 aromatic carbocycles. The number of ether oxygens (including phenoxy) is 2. The number of fused-ring (bicyclic) bond motifs is 4. The maximum absolute atomic E-state index is 16.8. The molecule has 76 heavy (non-hydrogen) atoms. The first-order valence-corrected chi connectivity index (χ1v) is 32.6. The molecule has 14 atom stereocenters. The quantitative estimate of drug-likeness (QED) is 0.214. The molecule has 3 N–H and O–H groups in total. The predicted molar refractivity (Wildman–Crippen MR) is 293 cm³/mol. The van der Waals surface area contributed by atoms with Crippen molar-refractivity contribution >= 4 is 11.9 Å². The zero-order chi connectivity index (χ0) is 50.5. The van der Waals surface area contributed by atoms with E-state index in [9.17, 15) is 5.11 Å². The lowest BCUT2D eigenvalue weighted by Crippen LogP contribution is -2.78. The van der Waals surface area contributed by atoms with Crippen molar-refractivity contribution in [3.05, 3.63) is 81.0 Å². The molecule has 0 radical (unpaired) electrons. The zero-order valence-corrected chi connectivity index (χ0v) is 46.0. The summed E-state index contributed by atoms with van der Waals surface area (Å²) in [6.07, 6.45) is 41.3. The van der Waals surface area contributed by atoms with Gasteiger partial charge in [-0.2, -0.15) is 0 Å². The maximum Gasteiger partial charge on any atom is 0.339 e. The van der Waals surface area contributed by atoms with Gasteiger partial charge in [0.1, 0.15) is 11.2 Å². The van der Waals surface area contributed by atoms with Crippen LogP contribution in [0.15, 0.2) is 64.3 Å². The first kappa shape index (κ1) is 47.4. The van der Waals surface area contributed by atoms with Crippen LogP contribution < -0.4 is 5.73 Å². The number of benzene rings is 1. The third-order valence-corrected chi connectivity index (χ3v) is 27.5. The number of piperidine rings is 2. The molecule has 5 spiro atoms. The minimum Gasteiger partial charge on any atom is -0.509 e. The monoisotopic (exact) mass is 1030 g/mol. The van der Waals surface area contributed by atoms with Gasteiger partial charge in [0.2, 0.25) is 0 Å². The number of rotatable bonds is 6. The molecule has 14 unspecified atom stereocenters. The average molecular weight is 1030 g/mol. The molecule has 8 heteroatoms. The Balaban J connectivity index is 0.926. The molecule has 3 saturated heterocycles. The Kier molecular flexibility index (Phi) is 10.5. The van der Waals surface area contributed by atoms with Gasteiger partial charge in [-0.25, -0.2) is 4.79 Å². The molecule has 6 saturated carbocycles. The van der Waals surface area contributed by atoms with E-state index in [2.05, 4.69) is 40.2 Å². The summed E-state index contributed by atoms with van der Waals surface area (Å²) in [7, 11) is 0. The van der Waals surface area contributed by atoms with Crippen LogP contribution in [-0.4, -0.2) is 65.1 Å². The summed E-state index contributed by atoms with van der Waals surface area (Å²) in [5, 5.41) is 14.0. The minimum atomic E-state index is -1.13. The van der Waals surface area contributed by atoms with E-state index < -0.39 is 16.4 Å². The molecule has 0 amide bonds. The van der Waals surface area contributed by atoms with Crippen LogP contribution in [0.3, 0.4) is 0 Å². The highest BCUT2D eigenvalue weighted by atomic mass is 16.6. The van der Waals surface area contributed by atoms with Crippen molar-refractivity contribution in [2.24, 2.45) is 92.5 Å². The van der Waals surface area contributed by atoms with E-state index in [4.69, 9.17) is 15.2 Å². The number of hydrogen-bond acceptors (Lipinski definition) is 8. The molecule has 12 bridgehead atoms. The fourth-order valence-corrected chi connectivity index (χ4v) is 25.2. The summed E-state index contributed by atoms with van der Waals surface area (Å²) in [5.74, 6) is 5.17. The van der Waals surface area contributed by atoms with Gasteiger partial charge in [0.25, 0.3) is 0 Å². The number of carbonyl (C=O) groups excluding carboxylic acids is 2. The fraction of sp³-hybridized carbons (Fsp3) is 0.765. The number of allylic oxidation sites excluding steroid dienone is 4. The van der Waals surface area contributed by atoms with E-state index in [1.807, 2.05) is 0 Å². The number of aliphatic hydroxyl groups excluding tert-OH is 1.